The van der Waals surface area contributed by atoms with Gasteiger partial charge in [-0.1, -0.05) is 45.0 Å². The van der Waals surface area contributed by atoms with Gasteiger partial charge in [0.2, 0.25) is 0 Å². The van der Waals surface area contributed by atoms with Gasteiger partial charge in [-0.15, -0.1) is 0 Å². The predicted octanol–water partition coefficient (Wildman–Crippen LogP) is 2.81. The second-order valence-corrected chi connectivity index (χ2v) is 8.94. The SMILES string of the molecule is CN1CCN(NC(=O)c2ccc(CNC(=O)c3ccc(C(C)(C)C)cc3)cc2)CC1. The Kier molecular flexibility index (Phi) is 6.90. The number of carbonyl (C=O) groups excluding carboxylic acids is 2. The first kappa shape index (κ1) is 22.0. The Hall–Kier alpha value is -2.70. The Bertz CT molecular complexity index is 862. The van der Waals surface area contributed by atoms with Crippen LogP contribution in [0.15, 0.2) is 48.5 Å². The van der Waals surface area contributed by atoms with Gasteiger partial charge in [0.25, 0.3) is 11.8 Å². The van der Waals surface area contributed by atoms with Gasteiger partial charge in [-0.25, -0.2) is 5.01 Å². The van der Waals surface area contributed by atoms with Crippen LogP contribution in [0, 0.1) is 0 Å². The highest BCUT2D eigenvalue weighted by atomic mass is 16.2. The second kappa shape index (κ2) is 9.41. The predicted molar refractivity (Wildman–Crippen MR) is 119 cm³/mol. The van der Waals surface area contributed by atoms with Crippen LogP contribution < -0.4 is 10.7 Å². The fourth-order valence-corrected chi connectivity index (χ4v) is 3.31. The molecule has 2 N–H and O–H groups in total. The van der Waals surface area contributed by atoms with Gasteiger partial charge in [0.05, 0.1) is 0 Å². The van der Waals surface area contributed by atoms with Crippen molar-refractivity contribution in [2.24, 2.45) is 0 Å². The van der Waals surface area contributed by atoms with Gasteiger partial charge in [0.1, 0.15) is 0 Å². The van der Waals surface area contributed by atoms with E-state index in [1.807, 2.05) is 41.4 Å². The smallest absolute Gasteiger partial charge is 0.265 e. The van der Waals surface area contributed by atoms with E-state index in [1.165, 1.54) is 5.56 Å². The largest absolute Gasteiger partial charge is 0.348 e. The summed E-state index contributed by atoms with van der Waals surface area (Å²) in [4.78, 5) is 27.1. The van der Waals surface area contributed by atoms with Crippen molar-refractivity contribution in [3.63, 3.8) is 0 Å². The van der Waals surface area contributed by atoms with Crippen molar-refractivity contribution in [1.82, 2.24) is 20.7 Å². The molecule has 0 spiro atoms. The van der Waals surface area contributed by atoms with E-state index in [4.69, 9.17) is 0 Å². The van der Waals surface area contributed by atoms with E-state index in [0.717, 1.165) is 31.7 Å². The molecule has 2 amide bonds. The van der Waals surface area contributed by atoms with E-state index in [-0.39, 0.29) is 17.2 Å². The van der Waals surface area contributed by atoms with Crippen LogP contribution in [0.4, 0.5) is 0 Å². The number of nitrogens with one attached hydrogen (secondary N) is 2. The molecule has 1 fully saturated rings. The summed E-state index contributed by atoms with van der Waals surface area (Å²) in [5.74, 6) is -0.207. The summed E-state index contributed by atoms with van der Waals surface area (Å²) in [6.45, 7) is 10.4. The van der Waals surface area contributed by atoms with Gasteiger partial charge in [-0.2, -0.15) is 0 Å². The third-order valence-corrected chi connectivity index (χ3v) is 5.45. The Morgan fingerprint density at radius 2 is 1.37 bits per heavy atom. The number of carbonyl (C=O) groups is 2. The number of piperazine rings is 1. The van der Waals surface area contributed by atoms with E-state index < -0.39 is 0 Å². The molecule has 1 aliphatic rings. The van der Waals surface area contributed by atoms with Gasteiger partial charge < -0.3 is 10.2 Å². The van der Waals surface area contributed by atoms with Crippen LogP contribution in [0.1, 0.15) is 52.6 Å². The third kappa shape index (κ3) is 5.90. The molecule has 0 bridgehead atoms. The van der Waals surface area contributed by atoms with Crippen LogP contribution in [0.5, 0.6) is 0 Å². The average molecular weight is 409 g/mol. The van der Waals surface area contributed by atoms with Crippen LogP contribution in [-0.4, -0.2) is 54.9 Å². The maximum absolute atomic E-state index is 12.4. The normalized spacial score (nSPS) is 15.6. The Balaban J connectivity index is 1.50. The maximum Gasteiger partial charge on any atom is 0.265 e. The van der Waals surface area contributed by atoms with E-state index in [1.54, 1.807) is 12.1 Å². The summed E-state index contributed by atoms with van der Waals surface area (Å²) in [5.41, 5.74) is 6.43. The van der Waals surface area contributed by atoms with Crippen molar-refractivity contribution in [2.45, 2.75) is 32.7 Å². The number of hydrazine groups is 1. The fraction of sp³-hybridized carbons (Fsp3) is 0.417. The lowest BCUT2D eigenvalue weighted by Gasteiger charge is -2.32. The first-order chi connectivity index (χ1) is 14.2. The highest BCUT2D eigenvalue weighted by Gasteiger charge is 2.17. The van der Waals surface area contributed by atoms with Crippen molar-refractivity contribution in [3.05, 3.63) is 70.8 Å². The second-order valence-electron chi connectivity index (χ2n) is 8.94. The molecule has 1 saturated heterocycles. The van der Waals surface area contributed by atoms with Crippen molar-refractivity contribution in [3.8, 4) is 0 Å². The molecule has 1 aliphatic heterocycles. The topological polar surface area (TPSA) is 64.7 Å². The summed E-state index contributed by atoms with van der Waals surface area (Å²) < 4.78 is 0. The van der Waals surface area contributed by atoms with E-state index >= 15 is 0 Å². The number of nitrogens with zero attached hydrogens (tertiary/aromatic N) is 2. The van der Waals surface area contributed by atoms with Gasteiger partial charge in [0, 0.05) is 43.9 Å². The molecule has 0 aromatic heterocycles. The standard InChI is InChI=1S/C24H32N4O2/c1-24(2,3)21-11-9-19(10-12-21)22(29)25-17-18-5-7-20(8-6-18)23(30)26-28-15-13-27(4)14-16-28/h5-12H,13-17H2,1-4H3,(H,25,29)(H,26,30). The zero-order valence-electron chi connectivity index (χ0n) is 18.4. The zero-order valence-corrected chi connectivity index (χ0v) is 18.4. The number of likely N-dealkylation sites (N-methyl/N-ethyl adjacent to an activating group) is 1. The number of amides is 2. The quantitative estimate of drug-likeness (QED) is 0.799. The van der Waals surface area contributed by atoms with Crippen molar-refractivity contribution in [2.75, 3.05) is 33.2 Å². The van der Waals surface area contributed by atoms with Crippen LogP contribution in [0.25, 0.3) is 0 Å². The summed E-state index contributed by atoms with van der Waals surface area (Å²) >= 11 is 0. The van der Waals surface area contributed by atoms with Crippen molar-refractivity contribution < 1.29 is 9.59 Å². The van der Waals surface area contributed by atoms with Crippen LogP contribution in [0.2, 0.25) is 0 Å². The molecular weight excluding hydrogens is 376 g/mol. The minimum absolute atomic E-state index is 0.0629. The summed E-state index contributed by atoms with van der Waals surface area (Å²) in [6.07, 6.45) is 0. The highest BCUT2D eigenvalue weighted by molar-refractivity contribution is 5.94. The lowest BCUT2D eigenvalue weighted by atomic mass is 9.87. The van der Waals surface area contributed by atoms with Crippen LogP contribution >= 0.6 is 0 Å². The molecule has 1 heterocycles. The molecule has 30 heavy (non-hydrogen) atoms. The van der Waals surface area contributed by atoms with Crippen molar-refractivity contribution in [1.29, 1.82) is 0 Å². The lowest BCUT2D eigenvalue weighted by molar-refractivity contribution is 0.0662. The van der Waals surface area contributed by atoms with Crippen LogP contribution in [-0.2, 0) is 12.0 Å². The molecule has 2 aromatic carbocycles. The molecule has 0 unspecified atom stereocenters. The summed E-state index contributed by atoms with van der Waals surface area (Å²) in [7, 11) is 2.08. The minimum atomic E-state index is -0.104. The maximum atomic E-state index is 12.4. The number of rotatable bonds is 5. The molecule has 160 valence electrons. The van der Waals surface area contributed by atoms with Crippen LogP contribution in [0.3, 0.4) is 0 Å². The molecule has 3 rings (SSSR count). The Labute approximate surface area is 179 Å². The van der Waals surface area contributed by atoms with Gasteiger partial charge in [0.15, 0.2) is 0 Å². The highest BCUT2D eigenvalue weighted by Crippen LogP contribution is 2.22. The number of benzene rings is 2. The molecular formula is C24H32N4O2. The first-order valence-corrected chi connectivity index (χ1v) is 10.4. The van der Waals surface area contributed by atoms with Gasteiger partial charge in [-0.3, -0.25) is 15.0 Å². The zero-order chi connectivity index (χ0) is 21.7. The molecule has 0 radical (unpaired) electrons. The molecule has 0 saturated carbocycles. The monoisotopic (exact) mass is 408 g/mol. The molecule has 0 atom stereocenters. The Morgan fingerprint density at radius 3 is 1.93 bits per heavy atom. The minimum Gasteiger partial charge on any atom is -0.348 e. The van der Waals surface area contributed by atoms with E-state index in [9.17, 15) is 9.59 Å². The molecule has 6 heteroatoms. The first-order valence-electron chi connectivity index (χ1n) is 10.4. The molecule has 2 aromatic rings. The summed E-state index contributed by atoms with van der Waals surface area (Å²) in [5, 5.41) is 4.90. The van der Waals surface area contributed by atoms with Crippen molar-refractivity contribution >= 4 is 11.8 Å². The van der Waals surface area contributed by atoms with Gasteiger partial charge >= 0.3 is 0 Å². The Morgan fingerprint density at radius 1 is 0.833 bits per heavy atom. The molecule has 0 aliphatic carbocycles. The van der Waals surface area contributed by atoms with E-state index in [2.05, 4.69) is 43.5 Å². The van der Waals surface area contributed by atoms with Gasteiger partial charge in [-0.05, 0) is 47.9 Å². The molecule has 6 nitrogen and oxygen atoms in total. The van der Waals surface area contributed by atoms with E-state index in [0.29, 0.717) is 17.7 Å². The number of hydrogen-bond donors (Lipinski definition) is 2. The number of hydrogen-bond acceptors (Lipinski definition) is 4. The fourth-order valence-electron chi connectivity index (χ4n) is 3.31. The third-order valence-electron chi connectivity index (χ3n) is 5.45. The lowest BCUT2D eigenvalue weighted by Crippen LogP contribution is -2.52. The average Bonchev–Trinajstić information content (AvgIpc) is 2.73. The summed E-state index contributed by atoms with van der Waals surface area (Å²) in [6, 6.07) is 15.1.